The third kappa shape index (κ3) is 2.61. The molecule has 0 saturated carbocycles. The van der Waals surface area contributed by atoms with Gasteiger partial charge in [-0.2, -0.15) is 0 Å². The molecule has 1 N–H and O–H groups in total. The average molecular weight is 262 g/mol. The van der Waals surface area contributed by atoms with Crippen LogP contribution in [-0.4, -0.2) is 26.3 Å². The summed E-state index contributed by atoms with van der Waals surface area (Å²) >= 11 is 1.59. The summed E-state index contributed by atoms with van der Waals surface area (Å²) in [6.07, 6.45) is 1.01. The number of carboxylic acid groups (broad SMARTS) is 1. The van der Waals surface area contributed by atoms with Gasteiger partial charge in [-0.15, -0.1) is 11.8 Å². The summed E-state index contributed by atoms with van der Waals surface area (Å²) in [5.41, 5.74) is 0.677. The molecule has 0 saturated heterocycles. The lowest BCUT2D eigenvalue weighted by Crippen LogP contribution is -2.06. The molecule has 1 atom stereocenters. The van der Waals surface area contributed by atoms with E-state index in [0.29, 0.717) is 10.8 Å². The lowest BCUT2D eigenvalue weighted by Gasteiger charge is -2.10. The van der Waals surface area contributed by atoms with Crippen LogP contribution in [0.25, 0.3) is 10.9 Å². The molecule has 0 aliphatic heterocycles. The van der Waals surface area contributed by atoms with E-state index in [2.05, 4.69) is 23.8 Å². The summed E-state index contributed by atoms with van der Waals surface area (Å²) in [6.45, 7) is 4.20. The minimum absolute atomic E-state index is 0.139. The molecule has 0 amide bonds. The monoisotopic (exact) mass is 262 g/mol. The van der Waals surface area contributed by atoms with Crippen molar-refractivity contribution < 1.29 is 9.90 Å². The summed E-state index contributed by atoms with van der Waals surface area (Å²) < 4.78 is 0. The van der Waals surface area contributed by atoms with E-state index in [1.165, 1.54) is 0 Å². The SMILES string of the molecule is CCC(C)Sc1nc(C(=O)O)nc2ccccc12. The van der Waals surface area contributed by atoms with Crippen LogP contribution in [0.1, 0.15) is 30.9 Å². The van der Waals surface area contributed by atoms with Crippen molar-refractivity contribution in [1.82, 2.24) is 9.97 Å². The number of benzene rings is 1. The summed E-state index contributed by atoms with van der Waals surface area (Å²) in [4.78, 5) is 19.2. The van der Waals surface area contributed by atoms with Crippen molar-refractivity contribution in [2.75, 3.05) is 0 Å². The zero-order valence-electron chi connectivity index (χ0n) is 10.3. The Labute approximate surface area is 109 Å². The molecule has 5 heteroatoms. The first-order valence-corrected chi connectivity index (χ1v) is 6.66. The molecule has 1 aromatic heterocycles. The van der Waals surface area contributed by atoms with E-state index in [0.717, 1.165) is 16.8 Å². The molecular weight excluding hydrogens is 248 g/mol. The Morgan fingerprint density at radius 3 is 2.78 bits per heavy atom. The minimum atomic E-state index is -1.09. The van der Waals surface area contributed by atoms with E-state index < -0.39 is 5.97 Å². The van der Waals surface area contributed by atoms with Crippen LogP contribution in [0.15, 0.2) is 29.3 Å². The molecule has 0 aliphatic carbocycles. The van der Waals surface area contributed by atoms with Gasteiger partial charge in [0.1, 0.15) is 5.03 Å². The van der Waals surface area contributed by atoms with Crippen LogP contribution in [0.2, 0.25) is 0 Å². The normalized spacial score (nSPS) is 12.6. The third-order valence-electron chi connectivity index (χ3n) is 2.65. The number of aromatic nitrogens is 2. The third-order valence-corrected chi connectivity index (χ3v) is 3.92. The highest BCUT2D eigenvalue weighted by molar-refractivity contribution is 8.00. The van der Waals surface area contributed by atoms with Crippen LogP contribution in [0.5, 0.6) is 0 Å². The van der Waals surface area contributed by atoms with Crippen LogP contribution in [0, 0.1) is 0 Å². The van der Waals surface area contributed by atoms with Gasteiger partial charge in [0.05, 0.1) is 5.52 Å². The Hall–Kier alpha value is -1.62. The predicted octanol–water partition coefficient (Wildman–Crippen LogP) is 3.22. The number of rotatable bonds is 4. The number of fused-ring (bicyclic) bond motifs is 1. The van der Waals surface area contributed by atoms with Crippen molar-refractivity contribution in [2.24, 2.45) is 0 Å². The second-order valence-corrected chi connectivity index (χ2v) is 5.44. The number of hydrogen-bond acceptors (Lipinski definition) is 4. The van der Waals surface area contributed by atoms with E-state index in [1.54, 1.807) is 11.8 Å². The number of carboxylic acids is 1. The van der Waals surface area contributed by atoms with Gasteiger partial charge in [0, 0.05) is 10.6 Å². The van der Waals surface area contributed by atoms with Crippen LogP contribution >= 0.6 is 11.8 Å². The van der Waals surface area contributed by atoms with Crippen molar-refractivity contribution in [2.45, 2.75) is 30.5 Å². The fourth-order valence-electron chi connectivity index (χ4n) is 1.51. The van der Waals surface area contributed by atoms with Gasteiger partial charge in [0.2, 0.25) is 5.82 Å². The van der Waals surface area contributed by atoms with Gasteiger partial charge >= 0.3 is 5.97 Å². The Morgan fingerprint density at radius 2 is 2.11 bits per heavy atom. The van der Waals surface area contributed by atoms with Crippen molar-refractivity contribution in [3.05, 3.63) is 30.1 Å². The average Bonchev–Trinajstić information content (AvgIpc) is 2.38. The summed E-state index contributed by atoms with van der Waals surface area (Å²) in [6, 6.07) is 7.49. The van der Waals surface area contributed by atoms with Gasteiger partial charge in [-0.25, -0.2) is 14.8 Å². The molecule has 1 heterocycles. The lowest BCUT2D eigenvalue weighted by atomic mass is 10.2. The van der Waals surface area contributed by atoms with E-state index in [4.69, 9.17) is 5.11 Å². The van der Waals surface area contributed by atoms with Crippen molar-refractivity contribution in [3.63, 3.8) is 0 Å². The van der Waals surface area contributed by atoms with Crippen molar-refractivity contribution in [1.29, 1.82) is 0 Å². The van der Waals surface area contributed by atoms with Gasteiger partial charge < -0.3 is 5.11 Å². The second-order valence-electron chi connectivity index (χ2n) is 4.01. The van der Waals surface area contributed by atoms with Crippen molar-refractivity contribution >= 4 is 28.6 Å². The number of para-hydroxylation sites is 1. The highest BCUT2D eigenvalue weighted by Crippen LogP contribution is 2.29. The second kappa shape index (κ2) is 5.35. The zero-order valence-corrected chi connectivity index (χ0v) is 11.1. The Bertz CT molecular complexity index is 586. The number of thioether (sulfide) groups is 1. The van der Waals surface area contributed by atoms with Crippen LogP contribution in [0.3, 0.4) is 0 Å². The molecule has 94 valence electrons. The molecule has 0 bridgehead atoms. The quantitative estimate of drug-likeness (QED) is 0.677. The first-order chi connectivity index (χ1) is 8.61. The highest BCUT2D eigenvalue weighted by Gasteiger charge is 2.14. The smallest absolute Gasteiger partial charge is 0.373 e. The number of aromatic carboxylic acids is 1. The molecule has 0 fully saturated rings. The maximum Gasteiger partial charge on any atom is 0.373 e. The molecule has 2 rings (SSSR count). The van der Waals surface area contributed by atoms with Gasteiger partial charge in [-0.05, 0) is 12.5 Å². The molecule has 4 nitrogen and oxygen atoms in total. The van der Waals surface area contributed by atoms with Gasteiger partial charge in [-0.3, -0.25) is 0 Å². The van der Waals surface area contributed by atoms with E-state index in [1.807, 2.05) is 24.3 Å². The van der Waals surface area contributed by atoms with Gasteiger partial charge in [-0.1, -0.05) is 32.0 Å². The molecule has 2 aromatic rings. The Balaban J connectivity index is 2.57. The standard InChI is InChI=1S/C13H14N2O2S/c1-3-8(2)18-12-9-6-4-5-7-10(9)14-11(15-12)13(16)17/h4-8H,3H2,1-2H3,(H,16,17). The topological polar surface area (TPSA) is 63.1 Å². The zero-order chi connectivity index (χ0) is 13.1. The minimum Gasteiger partial charge on any atom is -0.475 e. The molecule has 0 radical (unpaired) electrons. The predicted molar refractivity (Wildman–Crippen MR) is 72.1 cm³/mol. The molecule has 0 spiro atoms. The summed E-state index contributed by atoms with van der Waals surface area (Å²) in [7, 11) is 0. The molecule has 1 aromatic carbocycles. The lowest BCUT2D eigenvalue weighted by molar-refractivity contribution is 0.0683. The van der Waals surface area contributed by atoms with Crippen molar-refractivity contribution in [3.8, 4) is 0 Å². The van der Waals surface area contributed by atoms with E-state index in [9.17, 15) is 4.79 Å². The first kappa shape index (κ1) is 12.8. The molecule has 18 heavy (non-hydrogen) atoms. The van der Waals surface area contributed by atoms with Crippen LogP contribution in [-0.2, 0) is 0 Å². The maximum atomic E-state index is 11.0. The molecule has 0 aliphatic rings. The van der Waals surface area contributed by atoms with Crippen LogP contribution in [0.4, 0.5) is 0 Å². The van der Waals surface area contributed by atoms with E-state index >= 15 is 0 Å². The molecule has 1 unspecified atom stereocenters. The van der Waals surface area contributed by atoms with Crippen LogP contribution < -0.4 is 0 Å². The van der Waals surface area contributed by atoms with E-state index in [-0.39, 0.29) is 5.82 Å². The van der Waals surface area contributed by atoms with Gasteiger partial charge in [0.25, 0.3) is 0 Å². The number of carbonyl (C=O) groups is 1. The fourth-order valence-corrected chi connectivity index (χ4v) is 2.49. The first-order valence-electron chi connectivity index (χ1n) is 5.78. The summed E-state index contributed by atoms with van der Waals surface area (Å²) in [5, 5.41) is 11.1. The van der Waals surface area contributed by atoms with Gasteiger partial charge in [0.15, 0.2) is 0 Å². The number of hydrogen-bond donors (Lipinski definition) is 1. The maximum absolute atomic E-state index is 11.0. The summed E-state index contributed by atoms with van der Waals surface area (Å²) in [5.74, 6) is -1.23. The Kier molecular flexibility index (Phi) is 3.81. The molecular formula is C13H14N2O2S. The number of nitrogens with zero attached hydrogens (tertiary/aromatic N) is 2. The highest BCUT2D eigenvalue weighted by atomic mass is 32.2. The largest absolute Gasteiger partial charge is 0.475 e. The Morgan fingerprint density at radius 1 is 1.39 bits per heavy atom. The fraction of sp³-hybridized carbons (Fsp3) is 0.308.